The molecule has 1 N–H and O–H groups in total. The van der Waals surface area contributed by atoms with Crippen molar-refractivity contribution in [1.29, 1.82) is 0 Å². The quantitative estimate of drug-likeness (QED) is 0.843. The summed E-state index contributed by atoms with van der Waals surface area (Å²) in [4.78, 5) is 23.5. The van der Waals surface area contributed by atoms with Crippen LogP contribution in [0.25, 0.3) is 0 Å². The molecule has 1 aromatic heterocycles. The third-order valence-electron chi connectivity index (χ3n) is 3.05. The van der Waals surface area contributed by atoms with Crippen molar-refractivity contribution in [3.8, 4) is 0 Å². The van der Waals surface area contributed by atoms with Crippen molar-refractivity contribution >= 4 is 33.3 Å². The van der Waals surface area contributed by atoms with Gasteiger partial charge in [-0.15, -0.1) is 0 Å². The zero-order valence-electron chi connectivity index (χ0n) is 11.8. The van der Waals surface area contributed by atoms with Gasteiger partial charge in [0.25, 0.3) is 0 Å². The number of carbonyl (C=O) groups is 2. The highest BCUT2D eigenvalue weighted by Crippen LogP contribution is 2.14. The van der Waals surface area contributed by atoms with Crippen LogP contribution in [0.3, 0.4) is 0 Å². The minimum Gasteiger partial charge on any atom is -0.326 e. The molecule has 110 valence electrons. The molecule has 21 heavy (non-hydrogen) atoms. The van der Waals surface area contributed by atoms with Gasteiger partial charge < -0.3 is 5.32 Å². The molecule has 0 radical (unpaired) electrons. The molecule has 0 saturated heterocycles. The van der Waals surface area contributed by atoms with Gasteiger partial charge in [0.1, 0.15) is 0 Å². The minimum atomic E-state index is -0.238. The summed E-state index contributed by atoms with van der Waals surface area (Å²) in [5.74, 6) is -0.374. The maximum Gasteiger partial charge on any atom is 0.229 e. The van der Waals surface area contributed by atoms with E-state index in [-0.39, 0.29) is 17.6 Å². The van der Waals surface area contributed by atoms with Gasteiger partial charge >= 0.3 is 0 Å². The van der Waals surface area contributed by atoms with E-state index in [9.17, 15) is 9.59 Å². The van der Waals surface area contributed by atoms with Crippen LogP contribution in [0, 0.1) is 5.92 Å². The highest BCUT2D eigenvalue weighted by atomic mass is 79.9. The lowest BCUT2D eigenvalue weighted by Crippen LogP contribution is -2.24. The Morgan fingerprint density at radius 2 is 2.19 bits per heavy atom. The lowest BCUT2D eigenvalue weighted by molar-refractivity contribution is -0.119. The van der Waals surface area contributed by atoms with Crippen molar-refractivity contribution in [1.82, 2.24) is 9.78 Å². The van der Waals surface area contributed by atoms with Gasteiger partial charge in [0.2, 0.25) is 5.91 Å². The van der Waals surface area contributed by atoms with Crippen LogP contribution in [0.5, 0.6) is 0 Å². The van der Waals surface area contributed by atoms with Gasteiger partial charge in [-0.05, 0) is 35.0 Å². The molecule has 0 aliphatic heterocycles. The van der Waals surface area contributed by atoms with Crippen LogP contribution < -0.4 is 5.32 Å². The number of Topliss-reactive ketones (excluding diaryl/α,β-unsaturated/α-hetero) is 1. The molecule has 1 amide bonds. The maximum atomic E-state index is 12.2. The van der Waals surface area contributed by atoms with E-state index < -0.39 is 0 Å². The van der Waals surface area contributed by atoms with E-state index in [1.54, 1.807) is 35.1 Å². The maximum absolute atomic E-state index is 12.2. The molecule has 2 rings (SSSR count). The first-order chi connectivity index (χ1) is 9.95. The molecular formula is C15H16BrN3O2. The summed E-state index contributed by atoms with van der Waals surface area (Å²) in [5, 5.41) is 6.95. The normalized spacial score (nSPS) is 12.0. The summed E-state index contributed by atoms with van der Waals surface area (Å²) in [6, 6.07) is 6.92. The number of nitrogens with one attached hydrogen (secondary N) is 1. The lowest BCUT2D eigenvalue weighted by Gasteiger charge is -2.12. The molecule has 0 saturated carbocycles. The summed E-state index contributed by atoms with van der Waals surface area (Å²) in [6.07, 6.45) is 3.50. The monoisotopic (exact) mass is 349 g/mol. The second-order valence-electron chi connectivity index (χ2n) is 4.91. The molecule has 0 aliphatic carbocycles. The molecule has 6 heteroatoms. The van der Waals surface area contributed by atoms with Gasteiger partial charge in [0, 0.05) is 17.4 Å². The van der Waals surface area contributed by atoms with Crippen molar-refractivity contribution in [3.05, 3.63) is 46.7 Å². The van der Waals surface area contributed by atoms with Crippen molar-refractivity contribution in [3.63, 3.8) is 0 Å². The largest absolute Gasteiger partial charge is 0.326 e. The fraction of sp³-hybridized carbons (Fsp3) is 0.267. The third kappa shape index (κ3) is 4.26. The fourth-order valence-electron chi connectivity index (χ4n) is 1.88. The van der Waals surface area contributed by atoms with Gasteiger partial charge in [-0.25, -0.2) is 0 Å². The second kappa shape index (κ2) is 6.67. The number of benzene rings is 1. The third-order valence-corrected chi connectivity index (χ3v) is 3.46. The highest BCUT2D eigenvalue weighted by molar-refractivity contribution is 9.10. The molecule has 1 aromatic carbocycles. The standard InChI is InChI=1S/C15H16BrN3O2/c1-10(8-19-9-13(16)7-17-19)15(21)18-14-5-3-4-12(6-14)11(2)20/h3-7,9-10H,8H2,1-2H3,(H,18,21)/t10-/m1/s1. The van der Waals surface area contributed by atoms with Crippen molar-refractivity contribution in [2.45, 2.75) is 20.4 Å². The van der Waals surface area contributed by atoms with E-state index in [1.165, 1.54) is 6.92 Å². The molecule has 5 nitrogen and oxygen atoms in total. The Kier molecular flexibility index (Phi) is 4.90. The summed E-state index contributed by atoms with van der Waals surface area (Å²) >= 11 is 3.32. The number of aromatic nitrogens is 2. The Balaban J connectivity index is 2.00. The average Bonchev–Trinajstić information content (AvgIpc) is 2.84. The first-order valence-corrected chi connectivity index (χ1v) is 7.35. The van der Waals surface area contributed by atoms with Crippen LogP contribution in [-0.2, 0) is 11.3 Å². The molecular weight excluding hydrogens is 334 g/mol. The second-order valence-corrected chi connectivity index (χ2v) is 5.82. The summed E-state index contributed by atoms with van der Waals surface area (Å²) in [5.41, 5.74) is 1.21. The zero-order chi connectivity index (χ0) is 15.4. The predicted octanol–water partition coefficient (Wildman–Crippen LogP) is 3.12. The van der Waals surface area contributed by atoms with Crippen molar-refractivity contribution < 1.29 is 9.59 Å². The number of nitrogens with zero attached hydrogens (tertiary/aromatic N) is 2. The molecule has 2 aromatic rings. The molecule has 0 unspecified atom stereocenters. The van der Waals surface area contributed by atoms with Gasteiger partial charge in [-0.1, -0.05) is 19.1 Å². The fourth-order valence-corrected chi connectivity index (χ4v) is 2.21. The number of hydrogen-bond acceptors (Lipinski definition) is 3. The number of rotatable bonds is 5. The highest BCUT2D eigenvalue weighted by Gasteiger charge is 2.14. The molecule has 0 spiro atoms. The van der Waals surface area contributed by atoms with Gasteiger partial charge in [-0.3, -0.25) is 14.3 Å². The van der Waals surface area contributed by atoms with E-state index in [4.69, 9.17) is 0 Å². The Bertz CT molecular complexity index is 666. The van der Waals surface area contributed by atoms with E-state index in [0.29, 0.717) is 17.8 Å². The van der Waals surface area contributed by atoms with Crippen LogP contribution in [-0.4, -0.2) is 21.5 Å². The van der Waals surface area contributed by atoms with Crippen LogP contribution in [0.1, 0.15) is 24.2 Å². The predicted molar refractivity (Wildman–Crippen MR) is 84.2 cm³/mol. The van der Waals surface area contributed by atoms with Crippen LogP contribution in [0.15, 0.2) is 41.1 Å². The Hall–Kier alpha value is -1.95. The summed E-state index contributed by atoms with van der Waals surface area (Å²) in [7, 11) is 0. The van der Waals surface area contributed by atoms with Crippen LogP contribution in [0.2, 0.25) is 0 Å². The van der Waals surface area contributed by atoms with E-state index in [2.05, 4.69) is 26.3 Å². The average molecular weight is 350 g/mol. The molecule has 1 heterocycles. The van der Waals surface area contributed by atoms with E-state index in [1.807, 2.05) is 13.1 Å². The number of carbonyl (C=O) groups excluding carboxylic acids is 2. The van der Waals surface area contributed by atoms with Gasteiger partial charge in [0.05, 0.1) is 23.1 Å². The number of hydrogen-bond donors (Lipinski definition) is 1. The van der Waals surface area contributed by atoms with E-state index in [0.717, 1.165) is 4.47 Å². The van der Waals surface area contributed by atoms with Gasteiger partial charge in [0.15, 0.2) is 5.78 Å². The Labute approximate surface area is 131 Å². The summed E-state index contributed by atoms with van der Waals surface area (Å²) in [6.45, 7) is 3.82. The van der Waals surface area contributed by atoms with Gasteiger partial charge in [-0.2, -0.15) is 5.10 Å². The topological polar surface area (TPSA) is 64.0 Å². The van der Waals surface area contributed by atoms with Crippen LogP contribution >= 0.6 is 15.9 Å². The molecule has 0 aliphatic rings. The minimum absolute atomic E-state index is 0.0273. The van der Waals surface area contributed by atoms with E-state index >= 15 is 0 Å². The van der Waals surface area contributed by atoms with Crippen molar-refractivity contribution in [2.24, 2.45) is 5.92 Å². The number of halogens is 1. The SMILES string of the molecule is CC(=O)c1cccc(NC(=O)[C@H](C)Cn2cc(Br)cn2)c1. The number of amides is 1. The Morgan fingerprint density at radius 3 is 2.81 bits per heavy atom. The zero-order valence-corrected chi connectivity index (χ0v) is 13.4. The lowest BCUT2D eigenvalue weighted by atomic mass is 10.1. The number of ketones is 1. The smallest absolute Gasteiger partial charge is 0.229 e. The van der Waals surface area contributed by atoms with Crippen LogP contribution in [0.4, 0.5) is 5.69 Å². The Morgan fingerprint density at radius 1 is 1.43 bits per heavy atom. The molecule has 1 atom stereocenters. The summed E-state index contributed by atoms with van der Waals surface area (Å²) < 4.78 is 2.59. The molecule has 0 fully saturated rings. The number of anilines is 1. The first-order valence-electron chi connectivity index (χ1n) is 6.55. The first kappa shape index (κ1) is 15.4. The van der Waals surface area contributed by atoms with Crippen molar-refractivity contribution in [2.75, 3.05) is 5.32 Å². The molecule has 0 bridgehead atoms.